The summed E-state index contributed by atoms with van der Waals surface area (Å²) in [5, 5.41) is 3.39. The fourth-order valence-electron chi connectivity index (χ4n) is 2.67. The molecule has 0 aliphatic carbocycles. The van der Waals surface area contributed by atoms with Crippen molar-refractivity contribution in [3.05, 3.63) is 42.4 Å². The monoisotopic (exact) mass is 270 g/mol. The molecular formula is C16H22N4. The fraction of sp³-hybridized carbons (Fsp3) is 0.438. The average Bonchev–Trinajstić information content (AvgIpc) is 2.88. The van der Waals surface area contributed by atoms with E-state index in [1.807, 2.05) is 6.07 Å². The Labute approximate surface area is 120 Å². The maximum atomic E-state index is 4.68. The van der Waals surface area contributed by atoms with E-state index in [1.165, 1.54) is 5.56 Å². The van der Waals surface area contributed by atoms with Crippen molar-refractivity contribution >= 4 is 0 Å². The lowest BCUT2D eigenvalue weighted by Crippen LogP contribution is -2.44. The van der Waals surface area contributed by atoms with E-state index in [4.69, 9.17) is 0 Å². The maximum Gasteiger partial charge on any atom is 0.106 e. The molecule has 1 aromatic carbocycles. The Balaban J connectivity index is 1.66. The van der Waals surface area contributed by atoms with Gasteiger partial charge in [-0.3, -0.25) is 4.90 Å². The van der Waals surface area contributed by atoms with Crippen LogP contribution < -0.4 is 5.32 Å². The number of hydrogen-bond acceptors (Lipinski definition) is 3. The van der Waals surface area contributed by atoms with Crippen molar-refractivity contribution in [2.75, 3.05) is 32.7 Å². The molecule has 0 atom stereocenters. The molecule has 2 heterocycles. The summed E-state index contributed by atoms with van der Waals surface area (Å²) >= 11 is 0. The largest absolute Gasteiger partial charge is 0.333 e. The minimum Gasteiger partial charge on any atom is -0.333 e. The zero-order valence-electron chi connectivity index (χ0n) is 12.0. The zero-order chi connectivity index (χ0) is 13.8. The molecule has 4 heteroatoms. The van der Waals surface area contributed by atoms with Crippen LogP contribution in [0.2, 0.25) is 0 Å². The molecule has 106 valence electrons. The summed E-state index contributed by atoms with van der Waals surface area (Å²) in [7, 11) is 0. The van der Waals surface area contributed by atoms with Gasteiger partial charge in [0.05, 0.1) is 5.69 Å². The molecule has 1 fully saturated rings. The molecule has 1 N–H and O–H groups in total. The van der Waals surface area contributed by atoms with Crippen LogP contribution >= 0.6 is 0 Å². The molecule has 0 spiro atoms. The molecule has 0 radical (unpaired) electrons. The van der Waals surface area contributed by atoms with Gasteiger partial charge in [-0.05, 0) is 6.92 Å². The van der Waals surface area contributed by atoms with E-state index in [2.05, 4.69) is 57.2 Å². The van der Waals surface area contributed by atoms with Gasteiger partial charge in [0.2, 0.25) is 0 Å². The zero-order valence-corrected chi connectivity index (χ0v) is 12.0. The van der Waals surface area contributed by atoms with Crippen LogP contribution in [0.15, 0.2) is 36.5 Å². The van der Waals surface area contributed by atoms with Crippen molar-refractivity contribution in [1.29, 1.82) is 0 Å². The number of benzene rings is 1. The van der Waals surface area contributed by atoms with Crippen LogP contribution in [-0.4, -0.2) is 47.2 Å². The lowest BCUT2D eigenvalue weighted by Gasteiger charge is -2.27. The van der Waals surface area contributed by atoms with E-state index < -0.39 is 0 Å². The van der Waals surface area contributed by atoms with Crippen LogP contribution in [0.25, 0.3) is 11.3 Å². The topological polar surface area (TPSA) is 33.1 Å². The second-order valence-electron chi connectivity index (χ2n) is 5.32. The molecule has 1 aromatic heterocycles. The third kappa shape index (κ3) is 3.08. The minimum absolute atomic E-state index is 1.02. The van der Waals surface area contributed by atoms with Gasteiger partial charge in [0.1, 0.15) is 5.82 Å². The molecule has 3 rings (SSSR count). The summed E-state index contributed by atoms with van der Waals surface area (Å²) in [6, 6.07) is 10.4. The molecule has 4 nitrogen and oxygen atoms in total. The van der Waals surface area contributed by atoms with Gasteiger partial charge in [0.15, 0.2) is 0 Å². The number of nitrogens with one attached hydrogen (secondary N) is 1. The van der Waals surface area contributed by atoms with E-state index in [-0.39, 0.29) is 0 Å². The molecule has 20 heavy (non-hydrogen) atoms. The minimum atomic E-state index is 1.02. The molecule has 0 saturated carbocycles. The summed E-state index contributed by atoms with van der Waals surface area (Å²) in [5.41, 5.74) is 2.26. The van der Waals surface area contributed by atoms with Crippen molar-refractivity contribution in [1.82, 2.24) is 19.8 Å². The second-order valence-corrected chi connectivity index (χ2v) is 5.32. The van der Waals surface area contributed by atoms with E-state index in [1.54, 1.807) is 0 Å². The van der Waals surface area contributed by atoms with Gasteiger partial charge in [-0.1, -0.05) is 30.3 Å². The lowest BCUT2D eigenvalue weighted by atomic mass is 10.2. The summed E-state index contributed by atoms with van der Waals surface area (Å²) in [5.74, 6) is 1.10. The maximum absolute atomic E-state index is 4.68. The first-order valence-corrected chi connectivity index (χ1v) is 7.35. The third-order valence-electron chi connectivity index (χ3n) is 3.91. The Morgan fingerprint density at radius 3 is 2.60 bits per heavy atom. The van der Waals surface area contributed by atoms with Crippen LogP contribution in [0.1, 0.15) is 5.82 Å². The van der Waals surface area contributed by atoms with E-state index in [0.29, 0.717) is 0 Å². The number of aryl methyl sites for hydroxylation is 1. The molecule has 1 saturated heterocycles. The molecule has 0 amide bonds. The Morgan fingerprint density at radius 2 is 1.85 bits per heavy atom. The van der Waals surface area contributed by atoms with Crippen LogP contribution in [0, 0.1) is 6.92 Å². The van der Waals surface area contributed by atoms with Crippen molar-refractivity contribution in [3.8, 4) is 11.3 Å². The van der Waals surface area contributed by atoms with Gasteiger partial charge in [-0.15, -0.1) is 0 Å². The first-order chi connectivity index (χ1) is 9.83. The SMILES string of the molecule is Cc1nc(-c2ccccc2)cn1CCN1CCNCC1. The number of aromatic nitrogens is 2. The van der Waals surface area contributed by atoms with Gasteiger partial charge in [-0.2, -0.15) is 0 Å². The van der Waals surface area contributed by atoms with Crippen molar-refractivity contribution < 1.29 is 0 Å². The second kappa shape index (κ2) is 6.20. The Hall–Kier alpha value is -1.65. The normalized spacial score (nSPS) is 16.4. The van der Waals surface area contributed by atoms with Gasteiger partial charge in [0.25, 0.3) is 0 Å². The van der Waals surface area contributed by atoms with E-state index in [9.17, 15) is 0 Å². The summed E-state index contributed by atoms with van der Waals surface area (Å²) < 4.78 is 2.27. The highest BCUT2D eigenvalue weighted by molar-refractivity contribution is 5.58. The standard InChI is InChI=1S/C16H22N4/c1-14-18-16(15-5-3-2-4-6-15)13-20(14)12-11-19-9-7-17-8-10-19/h2-6,13,17H,7-12H2,1H3. The van der Waals surface area contributed by atoms with Gasteiger partial charge in [-0.25, -0.2) is 4.98 Å². The number of piperazine rings is 1. The van der Waals surface area contributed by atoms with Crippen LogP contribution in [0.5, 0.6) is 0 Å². The molecule has 0 unspecified atom stereocenters. The highest BCUT2D eigenvalue weighted by Gasteiger charge is 2.11. The van der Waals surface area contributed by atoms with Gasteiger partial charge < -0.3 is 9.88 Å². The van der Waals surface area contributed by atoms with Gasteiger partial charge in [0, 0.05) is 51.0 Å². The molecule has 1 aliphatic heterocycles. The van der Waals surface area contributed by atoms with Crippen molar-refractivity contribution in [2.45, 2.75) is 13.5 Å². The molecule has 0 bridgehead atoms. The van der Waals surface area contributed by atoms with Crippen LogP contribution in [0.3, 0.4) is 0 Å². The number of imidazole rings is 1. The first-order valence-electron chi connectivity index (χ1n) is 7.35. The van der Waals surface area contributed by atoms with Crippen molar-refractivity contribution in [2.24, 2.45) is 0 Å². The Kier molecular flexibility index (Phi) is 4.14. The lowest BCUT2D eigenvalue weighted by molar-refractivity contribution is 0.232. The van der Waals surface area contributed by atoms with E-state index in [0.717, 1.165) is 50.8 Å². The summed E-state index contributed by atoms with van der Waals surface area (Å²) in [4.78, 5) is 7.19. The van der Waals surface area contributed by atoms with Crippen LogP contribution in [0.4, 0.5) is 0 Å². The fourth-order valence-corrected chi connectivity index (χ4v) is 2.67. The smallest absolute Gasteiger partial charge is 0.106 e. The van der Waals surface area contributed by atoms with E-state index >= 15 is 0 Å². The Morgan fingerprint density at radius 1 is 1.10 bits per heavy atom. The highest BCUT2D eigenvalue weighted by Crippen LogP contribution is 2.17. The summed E-state index contributed by atoms with van der Waals surface area (Å²) in [6.45, 7) is 8.73. The third-order valence-corrected chi connectivity index (χ3v) is 3.91. The molecule has 1 aliphatic rings. The first kappa shape index (κ1) is 13.3. The van der Waals surface area contributed by atoms with Crippen LogP contribution in [-0.2, 0) is 6.54 Å². The quantitative estimate of drug-likeness (QED) is 0.919. The predicted molar refractivity (Wildman–Crippen MR) is 81.7 cm³/mol. The molecular weight excluding hydrogens is 248 g/mol. The average molecular weight is 270 g/mol. The number of hydrogen-bond donors (Lipinski definition) is 1. The Bertz CT molecular complexity index is 541. The summed E-state index contributed by atoms with van der Waals surface area (Å²) in [6.07, 6.45) is 2.17. The highest BCUT2D eigenvalue weighted by atomic mass is 15.2. The predicted octanol–water partition coefficient (Wildman–Crippen LogP) is 1.76. The number of rotatable bonds is 4. The van der Waals surface area contributed by atoms with Gasteiger partial charge >= 0.3 is 0 Å². The number of nitrogens with zero attached hydrogens (tertiary/aromatic N) is 3. The molecule has 2 aromatic rings. The van der Waals surface area contributed by atoms with Crippen molar-refractivity contribution in [3.63, 3.8) is 0 Å².